The lowest BCUT2D eigenvalue weighted by Gasteiger charge is -2.24. The highest BCUT2D eigenvalue weighted by Crippen LogP contribution is 2.30. The monoisotopic (exact) mass is 467 g/mol. The van der Waals surface area contributed by atoms with Crippen molar-refractivity contribution in [1.29, 1.82) is 0 Å². The van der Waals surface area contributed by atoms with Gasteiger partial charge in [-0.25, -0.2) is 4.79 Å². The summed E-state index contributed by atoms with van der Waals surface area (Å²) in [5, 5.41) is 3.34. The van der Waals surface area contributed by atoms with Gasteiger partial charge in [-0.2, -0.15) is 13.2 Å². The fourth-order valence-electron chi connectivity index (χ4n) is 3.65. The molecule has 1 fully saturated rings. The van der Waals surface area contributed by atoms with Crippen LogP contribution >= 0.6 is 11.6 Å². The molecule has 1 atom stereocenters. The summed E-state index contributed by atoms with van der Waals surface area (Å²) in [5.74, 6) is -0.287. The molecular weight excluding hydrogens is 443 g/mol. The van der Waals surface area contributed by atoms with Crippen LogP contribution in [0.3, 0.4) is 0 Å². The van der Waals surface area contributed by atoms with Crippen molar-refractivity contribution < 1.29 is 22.8 Å². The third-order valence-electron chi connectivity index (χ3n) is 5.50. The zero-order valence-corrected chi connectivity index (χ0v) is 18.4. The molecule has 0 aromatic heterocycles. The molecule has 1 aliphatic heterocycles. The number of hydrogen-bond acceptors (Lipinski definition) is 2. The van der Waals surface area contributed by atoms with Crippen LogP contribution in [-0.4, -0.2) is 47.9 Å². The lowest BCUT2D eigenvalue weighted by atomic mass is 9.96. The fraction of sp³-hybridized carbons (Fsp3) is 0.391. The van der Waals surface area contributed by atoms with Crippen LogP contribution in [0, 0.1) is 0 Å². The lowest BCUT2D eigenvalue weighted by Crippen LogP contribution is -2.39. The first-order chi connectivity index (χ1) is 15.1. The Morgan fingerprint density at radius 2 is 1.69 bits per heavy atom. The van der Waals surface area contributed by atoms with Crippen LogP contribution in [0.1, 0.15) is 36.8 Å². The zero-order valence-electron chi connectivity index (χ0n) is 17.7. The van der Waals surface area contributed by atoms with Gasteiger partial charge in [-0.1, -0.05) is 36.7 Å². The molecule has 1 unspecified atom stereocenters. The number of rotatable bonds is 4. The number of benzene rings is 2. The van der Waals surface area contributed by atoms with Crippen LogP contribution in [0.5, 0.6) is 0 Å². The summed E-state index contributed by atoms with van der Waals surface area (Å²) >= 11 is 5.95. The van der Waals surface area contributed by atoms with E-state index in [4.69, 9.17) is 11.6 Å². The van der Waals surface area contributed by atoms with E-state index in [1.807, 2.05) is 6.92 Å². The van der Waals surface area contributed by atoms with Crippen molar-refractivity contribution in [2.45, 2.75) is 31.9 Å². The van der Waals surface area contributed by atoms with Gasteiger partial charge in [0.2, 0.25) is 5.91 Å². The first-order valence-corrected chi connectivity index (χ1v) is 10.8. The number of alkyl halides is 3. The summed E-state index contributed by atoms with van der Waals surface area (Å²) in [4.78, 5) is 28.7. The number of urea groups is 1. The molecule has 0 saturated carbocycles. The first kappa shape index (κ1) is 23.9. The molecule has 0 bridgehead atoms. The van der Waals surface area contributed by atoms with E-state index in [1.54, 1.807) is 34.1 Å². The standard InChI is InChI=1S/C23H25ClF3N3O2/c1-16(17-6-8-18(9-7-17)23(25,26)27)14-21(31)29-10-3-11-30(13-12-29)22(32)28-20-5-2-4-19(24)15-20/h2,4-9,15-16H,3,10-14H2,1H3,(H,28,32). The number of nitrogens with zero attached hydrogens (tertiary/aromatic N) is 2. The molecule has 2 aromatic rings. The SMILES string of the molecule is CC(CC(=O)N1CCCN(C(=O)Nc2cccc(Cl)c2)CC1)c1ccc(C(F)(F)F)cc1. The third-order valence-corrected chi connectivity index (χ3v) is 5.73. The maximum atomic E-state index is 12.8. The van der Waals surface area contributed by atoms with Crippen LogP contribution in [0.25, 0.3) is 0 Å². The molecule has 1 saturated heterocycles. The minimum absolute atomic E-state index is 0.0745. The average molecular weight is 468 g/mol. The molecule has 3 rings (SSSR count). The maximum Gasteiger partial charge on any atom is 0.416 e. The Balaban J connectivity index is 1.53. The van der Waals surface area contributed by atoms with E-state index in [0.717, 1.165) is 12.1 Å². The Labute approximate surface area is 190 Å². The molecule has 1 heterocycles. The Morgan fingerprint density at radius 3 is 2.34 bits per heavy atom. The summed E-state index contributed by atoms with van der Waals surface area (Å²) in [5.41, 5.74) is 0.581. The quantitative estimate of drug-likeness (QED) is 0.634. The molecule has 172 valence electrons. The number of halogens is 4. The van der Waals surface area contributed by atoms with Crippen molar-refractivity contribution in [2.24, 2.45) is 0 Å². The second kappa shape index (κ2) is 10.3. The number of carbonyl (C=O) groups is 2. The number of nitrogens with one attached hydrogen (secondary N) is 1. The van der Waals surface area contributed by atoms with Gasteiger partial charge in [0.15, 0.2) is 0 Å². The number of amides is 3. The molecule has 0 radical (unpaired) electrons. The molecule has 1 aliphatic rings. The van der Waals surface area contributed by atoms with Crippen molar-refractivity contribution in [3.63, 3.8) is 0 Å². The van der Waals surface area contributed by atoms with Gasteiger partial charge in [0, 0.05) is 43.3 Å². The first-order valence-electron chi connectivity index (χ1n) is 10.4. The molecule has 9 heteroatoms. The second-order valence-electron chi connectivity index (χ2n) is 7.89. The van der Waals surface area contributed by atoms with E-state index in [9.17, 15) is 22.8 Å². The van der Waals surface area contributed by atoms with E-state index >= 15 is 0 Å². The van der Waals surface area contributed by atoms with Gasteiger partial charge >= 0.3 is 12.2 Å². The Bertz CT molecular complexity index is 950. The van der Waals surface area contributed by atoms with Crippen LogP contribution in [0.15, 0.2) is 48.5 Å². The van der Waals surface area contributed by atoms with Crippen molar-refractivity contribution in [2.75, 3.05) is 31.5 Å². The molecule has 2 aromatic carbocycles. The predicted octanol–water partition coefficient (Wildman–Crippen LogP) is 5.62. The summed E-state index contributed by atoms with van der Waals surface area (Å²) in [6.07, 6.45) is -3.54. The highest BCUT2D eigenvalue weighted by atomic mass is 35.5. The van der Waals surface area contributed by atoms with Gasteiger partial charge in [-0.05, 0) is 48.2 Å². The van der Waals surface area contributed by atoms with E-state index in [-0.39, 0.29) is 24.3 Å². The van der Waals surface area contributed by atoms with Gasteiger partial charge < -0.3 is 15.1 Å². The molecular formula is C23H25ClF3N3O2. The Kier molecular flexibility index (Phi) is 7.66. The predicted molar refractivity (Wildman–Crippen MR) is 118 cm³/mol. The maximum absolute atomic E-state index is 12.8. The van der Waals surface area contributed by atoms with Crippen molar-refractivity contribution in [3.05, 3.63) is 64.7 Å². The van der Waals surface area contributed by atoms with Gasteiger partial charge in [-0.3, -0.25) is 4.79 Å². The summed E-state index contributed by atoms with van der Waals surface area (Å²) < 4.78 is 38.2. The highest BCUT2D eigenvalue weighted by molar-refractivity contribution is 6.30. The van der Waals surface area contributed by atoms with Crippen molar-refractivity contribution >= 4 is 29.2 Å². The summed E-state index contributed by atoms with van der Waals surface area (Å²) in [6, 6.07) is 11.6. The number of carbonyl (C=O) groups excluding carboxylic acids is 2. The van der Waals surface area contributed by atoms with Gasteiger partial charge in [0.25, 0.3) is 0 Å². The van der Waals surface area contributed by atoms with Crippen molar-refractivity contribution in [3.8, 4) is 0 Å². The fourth-order valence-corrected chi connectivity index (χ4v) is 3.84. The van der Waals surface area contributed by atoms with E-state index in [0.29, 0.717) is 48.9 Å². The van der Waals surface area contributed by atoms with E-state index in [2.05, 4.69) is 5.32 Å². The minimum atomic E-state index is -4.38. The molecule has 3 amide bonds. The topological polar surface area (TPSA) is 52.7 Å². The minimum Gasteiger partial charge on any atom is -0.341 e. The van der Waals surface area contributed by atoms with E-state index < -0.39 is 11.7 Å². The van der Waals surface area contributed by atoms with Crippen LogP contribution in [0.2, 0.25) is 5.02 Å². The summed E-state index contributed by atoms with van der Waals surface area (Å²) in [7, 11) is 0. The van der Waals surface area contributed by atoms with Crippen LogP contribution in [-0.2, 0) is 11.0 Å². The normalized spacial score (nSPS) is 15.8. The van der Waals surface area contributed by atoms with Gasteiger partial charge in [0.05, 0.1) is 5.56 Å². The molecule has 0 spiro atoms. The average Bonchev–Trinajstić information content (AvgIpc) is 3.00. The number of hydrogen-bond donors (Lipinski definition) is 1. The second-order valence-corrected chi connectivity index (χ2v) is 8.32. The van der Waals surface area contributed by atoms with Crippen molar-refractivity contribution in [1.82, 2.24) is 9.80 Å². The smallest absolute Gasteiger partial charge is 0.341 e. The van der Waals surface area contributed by atoms with Gasteiger partial charge in [0.1, 0.15) is 0 Å². The van der Waals surface area contributed by atoms with Crippen LogP contribution < -0.4 is 5.32 Å². The largest absolute Gasteiger partial charge is 0.416 e. The van der Waals surface area contributed by atoms with E-state index in [1.165, 1.54) is 12.1 Å². The number of anilines is 1. The summed E-state index contributed by atoms with van der Waals surface area (Å²) in [6.45, 7) is 3.67. The highest BCUT2D eigenvalue weighted by Gasteiger charge is 2.30. The molecule has 5 nitrogen and oxygen atoms in total. The molecule has 0 aliphatic carbocycles. The third kappa shape index (κ3) is 6.38. The molecule has 1 N–H and O–H groups in total. The Hall–Kier alpha value is -2.74. The molecule has 32 heavy (non-hydrogen) atoms. The lowest BCUT2D eigenvalue weighted by molar-refractivity contribution is -0.137. The van der Waals surface area contributed by atoms with Crippen LogP contribution in [0.4, 0.5) is 23.7 Å². The van der Waals surface area contributed by atoms with Gasteiger partial charge in [-0.15, -0.1) is 0 Å². The Morgan fingerprint density at radius 1 is 1.03 bits per heavy atom. The zero-order chi connectivity index (χ0) is 23.3.